The molecule has 2 saturated carbocycles. The van der Waals surface area contributed by atoms with Crippen molar-refractivity contribution in [3.8, 4) is 55.6 Å². The summed E-state index contributed by atoms with van der Waals surface area (Å²) in [6.45, 7) is 7.22. The molecule has 0 N–H and O–H groups in total. The van der Waals surface area contributed by atoms with Gasteiger partial charge in [0.25, 0.3) is 0 Å². The van der Waals surface area contributed by atoms with Crippen molar-refractivity contribution in [1.29, 1.82) is 0 Å². The third-order valence-corrected chi connectivity index (χ3v) is 17.4. The van der Waals surface area contributed by atoms with Crippen LogP contribution in [-0.2, 0) is 16.2 Å². The van der Waals surface area contributed by atoms with E-state index in [1.807, 2.05) is 0 Å². The predicted octanol–water partition coefficient (Wildman–Crippen LogP) is 17.2. The zero-order chi connectivity index (χ0) is 44.6. The summed E-state index contributed by atoms with van der Waals surface area (Å²) in [6.07, 6.45) is 5.31. The molecule has 1 nitrogen and oxygen atoms in total. The first-order valence-corrected chi connectivity index (χ1v) is 24.6. The van der Waals surface area contributed by atoms with Gasteiger partial charge in [-0.2, -0.15) is 0 Å². The van der Waals surface area contributed by atoms with Gasteiger partial charge in [0, 0.05) is 33.2 Å². The van der Waals surface area contributed by atoms with E-state index in [1.165, 1.54) is 126 Å². The van der Waals surface area contributed by atoms with Gasteiger partial charge in [0.2, 0.25) is 0 Å². The molecule has 4 unspecified atom stereocenters. The topological polar surface area (TPSA) is 3.24 Å². The van der Waals surface area contributed by atoms with Crippen molar-refractivity contribution in [2.24, 2.45) is 11.8 Å². The van der Waals surface area contributed by atoms with Crippen LogP contribution in [0.15, 0.2) is 206 Å². The summed E-state index contributed by atoms with van der Waals surface area (Å²) >= 11 is 0. The minimum Gasteiger partial charge on any atom is -0.310 e. The molecule has 2 bridgehead atoms. The van der Waals surface area contributed by atoms with Crippen molar-refractivity contribution in [2.45, 2.75) is 62.7 Å². The van der Waals surface area contributed by atoms with Crippen molar-refractivity contribution in [3.05, 3.63) is 245 Å². The van der Waals surface area contributed by atoms with E-state index in [4.69, 9.17) is 0 Å². The van der Waals surface area contributed by atoms with Crippen LogP contribution in [0.3, 0.4) is 0 Å². The molecule has 0 heterocycles. The highest BCUT2D eigenvalue weighted by molar-refractivity contribution is 5.98. The van der Waals surface area contributed by atoms with Crippen LogP contribution in [0.2, 0.25) is 0 Å². The number of hydrogen-bond acceptors (Lipinski definition) is 1. The van der Waals surface area contributed by atoms with Crippen LogP contribution >= 0.6 is 0 Å². The van der Waals surface area contributed by atoms with Crippen molar-refractivity contribution >= 4 is 17.1 Å². The minimum atomic E-state index is -0.303. The van der Waals surface area contributed by atoms with Crippen molar-refractivity contribution in [3.63, 3.8) is 0 Å². The first kappa shape index (κ1) is 39.0. The summed E-state index contributed by atoms with van der Waals surface area (Å²) < 4.78 is 0. The Bertz CT molecular complexity index is 3480. The number of hydrogen-bond donors (Lipinski definition) is 0. The Hall–Kier alpha value is -7.22. The molecule has 9 aromatic carbocycles. The van der Waals surface area contributed by atoms with E-state index in [0.717, 1.165) is 11.6 Å². The van der Waals surface area contributed by atoms with Gasteiger partial charge >= 0.3 is 0 Å². The third kappa shape index (κ3) is 5.26. The molecule has 5 aliphatic rings. The first-order chi connectivity index (χ1) is 32.9. The maximum atomic E-state index is 2.62. The fourth-order valence-corrected chi connectivity index (χ4v) is 14.6. The fourth-order valence-electron chi connectivity index (χ4n) is 14.6. The smallest absolute Gasteiger partial charge is 0.0543 e. The zero-order valence-corrected chi connectivity index (χ0v) is 38.6. The van der Waals surface area contributed by atoms with Gasteiger partial charge in [-0.25, -0.2) is 0 Å². The molecule has 9 aromatic rings. The molecule has 2 fully saturated rings. The molecule has 0 saturated heterocycles. The molecule has 5 aliphatic carbocycles. The van der Waals surface area contributed by atoms with E-state index in [-0.39, 0.29) is 16.2 Å². The standard InChI is InChI=1S/C66H53N/c1-64(2)56-26-12-9-22-51(56)54-25-15-24-53(63(54)64)49-20-8-7-19-48(49)43-32-35-46(36-33-43)67(47-37-38-52-50-21-10-14-28-58(50)66(60(52)40-47)41-42-31-34-45(66)39-42)61-30-16-29-59-62(61)55-23-11-13-27-57(55)65(59,3)44-17-5-4-6-18-44/h4-30,32-33,35-38,40,42,45H,31,34,39,41H2,1-3H3. The average molecular weight is 860 g/mol. The van der Waals surface area contributed by atoms with Crippen LogP contribution in [0.1, 0.15) is 85.4 Å². The lowest BCUT2D eigenvalue weighted by molar-refractivity contribution is 0.327. The maximum Gasteiger partial charge on any atom is 0.0543 e. The van der Waals surface area contributed by atoms with Gasteiger partial charge in [-0.3, -0.25) is 0 Å². The Morgan fingerprint density at radius 3 is 1.72 bits per heavy atom. The average Bonchev–Trinajstić information content (AvgIpc) is 4.18. The molecule has 322 valence electrons. The highest BCUT2D eigenvalue weighted by Crippen LogP contribution is 2.66. The van der Waals surface area contributed by atoms with Crippen molar-refractivity contribution in [1.82, 2.24) is 0 Å². The van der Waals surface area contributed by atoms with E-state index in [0.29, 0.717) is 5.92 Å². The molecule has 14 rings (SSSR count). The highest BCUT2D eigenvalue weighted by atomic mass is 15.1. The summed E-state index contributed by atoms with van der Waals surface area (Å²) in [7, 11) is 0. The first-order valence-electron chi connectivity index (χ1n) is 24.6. The van der Waals surface area contributed by atoms with Crippen LogP contribution < -0.4 is 4.90 Å². The van der Waals surface area contributed by atoms with E-state index in [2.05, 4.69) is 232 Å². The van der Waals surface area contributed by atoms with Gasteiger partial charge in [0.05, 0.1) is 5.69 Å². The van der Waals surface area contributed by atoms with Crippen LogP contribution in [0.4, 0.5) is 17.1 Å². The maximum absolute atomic E-state index is 2.62. The summed E-state index contributed by atoms with van der Waals surface area (Å²) in [5.74, 6) is 1.50. The lowest BCUT2D eigenvalue weighted by Gasteiger charge is -2.37. The summed E-state index contributed by atoms with van der Waals surface area (Å²) in [5.41, 5.74) is 26.5. The molecular weight excluding hydrogens is 807 g/mol. The molecule has 0 amide bonds. The fraction of sp³-hybridized carbons (Fsp3) is 0.182. The normalized spacial score (nSPS) is 21.7. The van der Waals surface area contributed by atoms with E-state index < -0.39 is 0 Å². The van der Waals surface area contributed by atoms with Crippen LogP contribution in [0.5, 0.6) is 0 Å². The molecule has 4 atom stereocenters. The number of nitrogens with zero attached hydrogens (tertiary/aromatic N) is 1. The predicted molar refractivity (Wildman–Crippen MR) is 279 cm³/mol. The summed E-state index contributed by atoms with van der Waals surface area (Å²) in [5, 5.41) is 0. The largest absolute Gasteiger partial charge is 0.310 e. The van der Waals surface area contributed by atoms with Gasteiger partial charge in [-0.1, -0.05) is 196 Å². The van der Waals surface area contributed by atoms with Gasteiger partial charge in [-0.05, 0) is 157 Å². The summed E-state index contributed by atoms with van der Waals surface area (Å²) in [4.78, 5) is 2.59. The minimum absolute atomic E-state index is 0.0781. The Morgan fingerprint density at radius 1 is 0.418 bits per heavy atom. The Kier molecular flexibility index (Phi) is 8.23. The van der Waals surface area contributed by atoms with Crippen molar-refractivity contribution in [2.75, 3.05) is 4.90 Å². The highest BCUT2D eigenvalue weighted by Gasteiger charge is 2.57. The molecule has 67 heavy (non-hydrogen) atoms. The SMILES string of the molecule is CC1(C)c2ccccc2-c2cccc(-c3ccccc3-c3ccc(N(c4ccc5c(c4)C4(CC6CCC4C6)c4ccccc4-5)c4cccc5c4-c4ccccc4C5(C)c4ccccc4)cc3)c21. The Labute approximate surface area is 395 Å². The second-order valence-electron chi connectivity index (χ2n) is 20.9. The monoisotopic (exact) mass is 859 g/mol. The third-order valence-electron chi connectivity index (χ3n) is 17.4. The van der Waals surface area contributed by atoms with Crippen LogP contribution in [0, 0.1) is 11.8 Å². The molecule has 0 radical (unpaired) electrons. The van der Waals surface area contributed by atoms with E-state index in [1.54, 1.807) is 5.56 Å². The van der Waals surface area contributed by atoms with Gasteiger partial charge in [0.1, 0.15) is 0 Å². The number of rotatable bonds is 6. The van der Waals surface area contributed by atoms with Crippen LogP contribution in [0.25, 0.3) is 55.6 Å². The van der Waals surface area contributed by atoms with Gasteiger partial charge in [0.15, 0.2) is 0 Å². The van der Waals surface area contributed by atoms with E-state index >= 15 is 0 Å². The molecule has 1 spiro atoms. The second kappa shape index (κ2) is 14.1. The van der Waals surface area contributed by atoms with Crippen molar-refractivity contribution < 1.29 is 0 Å². The number of benzene rings is 9. The van der Waals surface area contributed by atoms with Gasteiger partial charge in [-0.15, -0.1) is 0 Å². The van der Waals surface area contributed by atoms with E-state index in [9.17, 15) is 0 Å². The number of anilines is 3. The molecular formula is C66H53N. The molecule has 1 heteroatoms. The second-order valence-corrected chi connectivity index (χ2v) is 20.9. The lowest BCUT2D eigenvalue weighted by Crippen LogP contribution is -2.32. The number of fused-ring (bicyclic) bond motifs is 14. The van der Waals surface area contributed by atoms with Gasteiger partial charge < -0.3 is 4.90 Å². The zero-order valence-electron chi connectivity index (χ0n) is 38.6. The quantitative estimate of drug-likeness (QED) is 0.161. The molecule has 0 aliphatic heterocycles. The lowest BCUT2D eigenvalue weighted by atomic mass is 9.67. The Morgan fingerprint density at radius 2 is 0.985 bits per heavy atom. The Balaban J connectivity index is 0.957. The van der Waals surface area contributed by atoms with Crippen LogP contribution in [-0.4, -0.2) is 0 Å². The molecule has 0 aromatic heterocycles. The summed E-state index contributed by atoms with van der Waals surface area (Å²) in [6, 6.07) is 78.6.